The highest BCUT2D eigenvalue weighted by atomic mass is 19.4. The summed E-state index contributed by atoms with van der Waals surface area (Å²) in [4.78, 5) is 0. The topological polar surface area (TPSA) is 20.2 Å². The molecule has 0 aliphatic heterocycles. The van der Waals surface area contributed by atoms with Crippen LogP contribution in [0.15, 0.2) is 54.6 Å². The third kappa shape index (κ3) is 2.90. The molecule has 112 valence electrons. The van der Waals surface area contributed by atoms with Gasteiger partial charge in [0.05, 0.1) is 0 Å². The smallest absolute Gasteiger partial charge is 0.382 e. The monoisotopic (exact) mass is 302 g/mol. The van der Waals surface area contributed by atoms with Gasteiger partial charge in [-0.25, -0.2) is 0 Å². The molecule has 0 heterocycles. The fourth-order valence-corrected chi connectivity index (χ4v) is 1.97. The molecule has 0 saturated heterocycles. The van der Waals surface area contributed by atoms with E-state index in [4.69, 9.17) is 0 Å². The minimum atomic E-state index is -5.82. The first-order valence-corrected chi connectivity index (χ1v) is 6.02. The predicted molar refractivity (Wildman–Crippen MR) is 67.8 cm³/mol. The van der Waals surface area contributed by atoms with Crippen LogP contribution >= 0.6 is 0 Å². The predicted octanol–water partition coefficient (Wildman–Crippen LogP) is 4.58. The number of rotatable bonds is 3. The van der Waals surface area contributed by atoms with E-state index in [1.54, 1.807) is 30.3 Å². The maximum atomic E-state index is 13.3. The highest BCUT2D eigenvalue weighted by Gasteiger charge is 2.62. The summed E-state index contributed by atoms with van der Waals surface area (Å²) in [6, 6.07) is 13.3. The van der Waals surface area contributed by atoms with Gasteiger partial charge in [-0.1, -0.05) is 54.6 Å². The molecule has 0 aliphatic rings. The van der Waals surface area contributed by atoms with Crippen molar-refractivity contribution < 1.29 is 27.1 Å². The molecule has 6 heteroatoms. The lowest BCUT2D eigenvalue weighted by Gasteiger charge is -2.26. The van der Waals surface area contributed by atoms with Crippen molar-refractivity contribution in [1.29, 1.82) is 0 Å². The van der Waals surface area contributed by atoms with Crippen molar-refractivity contribution in [2.24, 2.45) is 0 Å². The van der Waals surface area contributed by atoms with Crippen molar-refractivity contribution in [2.45, 2.75) is 18.2 Å². The Kier molecular flexibility index (Phi) is 4.00. The van der Waals surface area contributed by atoms with Crippen LogP contribution in [-0.2, 0) is 0 Å². The van der Waals surface area contributed by atoms with Gasteiger partial charge in [0.2, 0.25) is 0 Å². The minimum absolute atomic E-state index is 0.134. The summed E-state index contributed by atoms with van der Waals surface area (Å²) in [5, 5.41) is 9.56. The largest absolute Gasteiger partial charge is 0.456 e. The van der Waals surface area contributed by atoms with E-state index in [0.717, 1.165) is 6.07 Å². The van der Waals surface area contributed by atoms with E-state index >= 15 is 0 Å². The Labute approximate surface area is 117 Å². The average Bonchev–Trinajstić information content (AvgIpc) is 2.46. The summed E-state index contributed by atoms with van der Waals surface area (Å²) in [7, 11) is 0. The summed E-state index contributed by atoms with van der Waals surface area (Å²) in [5.41, 5.74) is 0.116. The summed E-state index contributed by atoms with van der Waals surface area (Å²) in [6.07, 6.45) is -8.79. The van der Waals surface area contributed by atoms with Crippen LogP contribution in [-0.4, -0.2) is 17.2 Å². The Morgan fingerprint density at radius 2 is 1.29 bits per heavy atom. The molecular weight excluding hydrogens is 291 g/mol. The van der Waals surface area contributed by atoms with Crippen LogP contribution in [0.4, 0.5) is 22.0 Å². The lowest BCUT2D eigenvalue weighted by atomic mass is 9.93. The lowest BCUT2D eigenvalue weighted by Crippen LogP contribution is -2.42. The second-order valence-corrected chi connectivity index (χ2v) is 4.48. The van der Waals surface area contributed by atoms with Crippen molar-refractivity contribution in [3.63, 3.8) is 0 Å². The first kappa shape index (κ1) is 15.4. The zero-order valence-corrected chi connectivity index (χ0v) is 10.6. The number of benzene rings is 2. The highest BCUT2D eigenvalue weighted by Crippen LogP contribution is 2.46. The Morgan fingerprint density at radius 3 is 1.86 bits per heavy atom. The van der Waals surface area contributed by atoms with Crippen molar-refractivity contribution in [3.05, 3.63) is 60.2 Å². The molecular formula is C15H11F5O. The average molecular weight is 302 g/mol. The van der Waals surface area contributed by atoms with E-state index < -0.39 is 23.8 Å². The Balaban J connectivity index is 2.51. The van der Waals surface area contributed by atoms with E-state index in [2.05, 4.69) is 0 Å². The van der Waals surface area contributed by atoms with Gasteiger partial charge in [0.15, 0.2) is 6.10 Å². The van der Waals surface area contributed by atoms with Gasteiger partial charge in [-0.3, -0.25) is 0 Å². The Morgan fingerprint density at radius 1 is 0.762 bits per heavy atom. The van der Waals surface area contributed by atoms with E-state index in [-0.39, 0.29) is 5.56 Å². The molecule has 2 rings (SSSR count). The maximum Gasteiger partial charge on any atom is 0.456 e. The molecule has 2 aromatic carbocycles. The van der Waals surface area contributed by atoms with E-state index in [9.17, 15) is 27.1 Å². The van der Waals surface area contributed by atoms with E-state index in [1.165, 1.54) is 18.2 Å². The number of alkyl halides is 5. The van der Waals surface area contributed by atoms with Crippen LogP contribution in [0, 0.1) is 0 Å². The summed E-state index contributed by atoms with van der Waals surface area (Å²) >= 11 is 0. The van der Waals surface area contributed by atoms with Crippen molar-refractivity contribution >= 4 is 0 Å². The summed E-state index contributed by atoms with van der Waals surface area (Å²) < 4.78 is 63.8. The number of aliphatic hydroxyl groups is 1. The van der Waals surface area contributed by atoms with Crippen LogP contribution in [0.1, 0.15) is 11.7 Å². The van der Waals surface area contributed by atoms with E-state index in [0.29, 0.717) is 5.56 Å². The van der Waals surface area contributed by atoms with Crippen molar-refractivity contribution in [2.75, 3.05) is 0 Å². The fourth-order valence-electron chi connectivity index (χ4n) is 1.97. The molecule has 1 atom stereocenters. The third-order valence-electron chi connectivity index (χ3n) is 3.06. The molecule has 0 fully saturated rings. The summed E-state index contributed by atoms with van der Waals surface area (Å²) in [5.74, 6) is -5.22. The van der Waals surface area contributed by atoms with Gasteiger partial charge in [0.1, 0.15) is 0 Å². The fraction of sp³-hybridized carbons (Fsp3) is 0.200. The summed E-state index contributed by atoms with van der Waals surface area (Å²) in [6.45, 7) is 0. The highest BCUT2D eigenvalue weighted by molar-refractivity contribution is 5.67. The van der Waals surface area contributed by atoms with Gasteiger partial charge in [0.25, 0.3) is 0 Å². The molecule has 1 N–H and O–H groups in total. The van der Waals surface area contributed by atoms with Gasteiger partial charge in [-0.15, -0.1) is 0 Å². The second-order valence-electron chi connectivity index (χ2n) is 4.48. The van der Waals surface area contributed by atoms with Gasteiger partial charge in [-0.2, -0.15) is 22.0 Å². The second kappa shape index (κ2) is 5.44. The quantitative estimate of drug-likeness (QED) is 0.823. The molecule has 0 aliphatic carbocycles. The minimum Gasteiger partial charge on any atom is -0.382 e. The lowest BCUT2D eigenvalue weighted by molar-refractivity contribution is -0.314. The standard InChI is InChI=1S/C15H11F5O/c16-14(17,15(18,19)20)13(21)12-9-5-4-8-11(12)10-6-2-1-3-7-10/h1-9,13,21H. The molecule has 21 heavy (non-hydrogen) atoms. The van der Waals surface area contributed by atoms with Crippen LogP contribution in [0.25, 0.3) is 11.1 Å². The SMILES string of the molecule is OC(c1ccccc1-c1ccccc1)C(F)(F)C(F)(F)F. The number of hydrogen-bond donors (Lipinski definition) is 1. The van der Waals surface area contributed by atoms with Crippen LogP contribution in [0.2, 0.25) is 0 Å². The Hall–Kier alpha value is -1.95. The zero-order chi connectivity index (χ0) is 15.7. The first-order chi connectivity index (χ1) is 9.75. The molecule has 0 saturated carbocycles. The normalized spacial score (nSPS) is 14.0. The Bertz CT molecular complexity index is 607. The molecule has 2 aromatic rings. The maximum absolute atomic E-state index is 13.3. The van der Waals surface area contributed by atoms with Crippen LogP contribution < -0.4 is 0 Å². The molecule has 1 unspecified atom stereocenters. The number of hydrogen-bond acceptors (Lipinski definition) is 1. The van der Waals surface area contributed by atoms with Crippen LogP contribution in [0.3, 0.4) is 0 Å². The molecule has 1 nitrogen and oxygen atoms in total. The van der Waals surface area contributed by atoms with E-state index in [1.807, 2.05) is 0 Å². The van der Waals surface area contributed by atoms with Gasteiger partial charge in [0, 0.05) is 0 Å². The number of aliphatic hydroxyl groups excluding tert-OH is 1. The van der Waals surface area contributed by atoms with Crippen LogP contribution in [0.5, 0.6) is 0 Å². The molecule has 0 amide bonds. The third-order valence-corrected chi connectivity index (χ3v) is 3.06. The first-order valence-electron chi connectivity index (χ1n) is 6.02. The van der Waals surface area contributed by atoms with Crippen molar-refractivity contribution in [3.8, 4) is 11.1 Å². The molecule has 0 aromatic heterocycles. The van der Waals surface area contributed by atoms with Crippen molar-refractivity contribution in [1.82, 2.24) is 0 Å². The van der Waals surface area contributed by atoms with Gasteiger partial charge >= 0.3 is 12.1 Å². The molecule has 0 spiro atoms. The molecule has 0 bridgehead atoms. The van der Waals surface area contributed by atoms with Gasteiger partial charge in [-0.05, 0) is 16.7 Å². The number of halogens is 5. The van der Waals surface area contributed by atoms with Gasteiger partial charge < -0.3 is 5.11 Å². The molecule has 0 radical (unpaired) electrons. The zero-order valence-electron chi connectivity index (χ0n) is 10.6.